The van der Waals surface area contributed by atoms with Crippen LogP contribution in [-0.4, -0.2) is 40.9 Å². The van der Waals surface area contributed by atoms with Gasteiger partial charge in [0, 0.05) is 33.2 Å². The number of benzene rings is 2. The van der Waals surface area contributed by atoms with Crippen LogP contribution in [0.1, 0.15) is 34.8 Å². The van der Waals surface area contributed by atoms with Crippen LogP contribution >= 0.6 is 24.0 Å². The number of methoxy groups -OCH3 is 1. The maximum atomic E-state index is 5.82. The molecule has 1 aliphatic rings. The zero-order valence-electron chi connectivity index (χ0n) is 19.7. The van der Waals surface area contributed by atoms with Gasteiger partial charge < -0.3 is 20.1 Å². The summed E-state index contributed by atoms with van der Waals surface area (Å²) in [5.41, 5.74) is 3.54. The molecule has 0 fully saturated rings. The zero-order valence-corrected chi connectivity index (χ0v) is 22.1. The first-order valence-electron chi connectivity index (χ1n) is 11.3. The number of hydrogen-bond donors (Lipinski definition) is 2. The van der Waals surface area contributed by atoms with Gasteiger partial charge >= 0.3 is 0 Å². The Balaban J connectivity index is 0.00000324. The van der Waals surface area contributed by atoms with Gasteiger partial charge in [-0.05, 0) is 23.1 Å². The first-order chi connectivity index (χ1) is 16.2. The summed E-state index contributed by atoms with van der Waals surface area (Å²) in [5.74, 6) is 2.55. The number of ether oxygens (including phenoxy) is 2. The fourth-order valence-corrected chi connectivity index (χ4v) is 3.86. The Kier molecular flexibility index (Phi) is 10.3. The fourth-order valence-electron chi connectivity index (χ4n) is 3.86. The van der Waals surface area contributed by atoms with Crippen LogP contribution in [0, 0.1) is 0 Å². The van der Waals surface area contributed by atoms with E-state index in [1.165, 1.54) is 11.1 Å². The van der Waals surface area contributed by atoms with Crippen LogP contribution in [0.4, 0.5) is 0 Å². The fraction of sp³-hybridized carbons (Fsp3) is 0.400. The molecule has 1 unspecified atom stereocenters. The highest BCUT2D eigenvalue weighted by Gasteiger charge is 2.22. The molecule has 0 amide bonds. The van der Waals surface area contributed by atoms with E-state index in [1.54, 1.807) is 14.2 Å². The Morgan fingerprint density at radius 1 is 1.03 bits per heavy atom. The molecule has 2 heterocycles. The Hall–Kier alpha value is -2.50. The van der Waals surface area contributed by atoms with Crippen LogP contribution in [0.2, 0.25) is 0 Å². The van der Waals surface area contributed by atoms with Gasteiger partial charge in [-0.1, -0.05) is 54.6 Å². The number of nitrogens with zero attached hydrogens (tertiary/aromatic N) is 4. The Morgan fingerprint density at radius 2 is 1.74 bits per heavy atom. The normalized spacial score (nSPS) is 15.4. The molecule has 4 rings (SSSR count). The van der Waals surface area contributed by atoms with Crippen LogP contribution in [0.25, 0.3) is 0 Å². The SMILES string of the molecule is CN=C(NCc1ccc(COCc2ccccc2)cc1)NC1CCc2nc(COC)nn2C1.I. The van der Waals surface area contributed by atoms with E-state index in [4.69, 9.17) is 9.47 Å². The number of rotatable bonds is 9. The van der Waals surface area contributed by atoms with Crippen molar-refractivity contribution >= 4 is 29.9 Å². The number of guanidine groups is 1. The summed E-state index contributed by atoms with van der Waals surface area (Å²) in [7, 11) is 3.45. The third-order valence-corrected chi connectivity index (χ3v) is 5.60. The molecule has 2 N–H and O–H groups in total. The minimum Gasteiger partial charge on any atom is -0.377 e. The van der Waals surface area contributed by atoms with Crippen molar-refractivity contribution < 1.29 is 9.47 Å². The second kappa shape index (κ2) is 13.4. The van der Waals surface area contributed by atoms with Gasteiger partial charge in [-0.25, -0.2) is 9.67 Å². The number of halogens is 1. The van der Waals surface area contributed by atoms with Gasteiger partial charge in [0.15, 0.2) is 11.8 Å². The highest BCUT2D eigenvalue weighted by molar-refractivity contribution is 14.0. The summed E-state index contributed by atoms with van der Waals surface area (Å²) in [6.45, 7) is 3.13. The maximum absolute atomic E-state index is 5.82. The van der Waals surface area contributed by atoms with Crippen molar-refractivity contribution in [3.05, 3.63) is 82.9 Å². The number of aryl methyl sites for hydroxylation is 1. The van der Waals surface area contributed by atoms with E-state index < -0.39 is 0 Å². The summed E-state index contributed by atoms with van der Waals surface area (Å²) in [4.78, 5) is 8.92. The summed E-state index contributed by atoms with van der Waals surface area (Å²) in [6, 6.07) is 19.0. The Morgan fingerprint density at radius 3 is 2.44 bits per heavy atom. The van der Waals surface area contributed by atoms with E-state index in [9.17, 15) is 0 Å². The minimum absolute atomic E-state index is 0. The number of hydrogen-bond acceptors (Lipinski definition) is 5. The number of nitrogens with one attached hydrogen (secondary N) is 2. The minimum atomic E-state index is 0. The van der Waals surface area contributed by atoms with Crippen molar-refractivity contribution in [2.75, 3.05) is 14.2 Å². The first-order valence-corrected chi connectivity index (χ1v) is 11.3. The second-order valence-electron chi connectivity index (χ2n) is 8.16. The van der Waals surface area contributed by atoms with Gasteiger partial charge in [0.1, 0.15) is 12.4 Å². The third-order valence-electron chi connectivity index (χ3n) is 5.60. The molecule has 1 aliphatic heterocycles. The molecule has 0 aliphatic carbocycles. The molecule has 34 heavy (non-hydrogen) atoms. The molecule has 0 radical (unpaired) electrons. The lowest BCUT2D eigenvalue weighted by atomic mass is 10.1. The van der Waals surface area contributed by atoms with Crippen molar-refractivity contribution in [3.8, 4) is 0 Å². The maximum Gasteiger partial charge on any atom is 0.191 e. The lowest BCUT2D eigenvalue weighted by molar-refractivity contribution is 0.107. The van der Waals surface area contributed by atoms with Crippen LogP contribution < -0.4 is 10.6 Å². The van der Waals surface area contributed by atoms with E-state index in [2.05, 4.69) is 62.1 Å². The topological polar surface area (TPSA) is 85.6 Å². The predicted molar refractivity (Wildman–Crippen MR) is 143 cm³/mol. The van der Waals surface area contributed by atoms with E-state index >= 15 is 0 Å². The summed E-state index contributed by atoms with van der Waals surface area (Å²) >= 11 is 0. The summed E-state index contributed by atoms with van der Waals surface area (Å²) in [5, 5.41) is 11.5. The summed E-state index contributed by atoms with van der Waals surface area (Å²) in [6.07, 6.45) is 1.88. The highest BCUT2D eigenvalue weighted by atomic mass is 127. The van der Waals surface area contributed by atoms with E-state index in [0.29, 0.717) is 26.4 Å². The average Bonchev–Trinajstić information content (AvgIpc) is 3.25. The van der Waals surface area contributed by atoms with E-state index in [0.717, 1.165) is 42.6 Å². The van der Waals surface area contributed by atoms with Gasteiger partial charge in [0.2, 0.25) is 0 Å². The van der Waals surface area contributed by atoms with Crippen molar-refractivity contribution in [1.82, 2.24) is 25.4 Å². The van der Waals surface area contributed by atoms with Crippen LogP contribution in [0.5, 0.6) is 0 Å². The largest absolute Gasteiger partial charge is 0.377 e. The quantitative estimate of drug-likeness (QED) is 0.231. The first kappa shape index (κ1) is 26.1. The Bertz CT molecular complexity index is 1040. The van der Waals surface area contributed by atoms with Crippen LogP contribution in [0.15, 0.2) is 59.6 Å². The van der Waals surface area contributed by atoms with Crippen molar-refractivity contribution in [2.24, 2.45) is 4.99 Å². The van der Waals surface area contributed by atoms with E-state index in [1.807, 2.05) is 22.9 Å². The standard InChI is InChI=1S/C25H32N6O2.HI/c1-26-25(28-22-12-13-24-29-23(18-32-2)30-31(24)15-22)27-14-19-8-10-21(11-9-19)17-33-16-20-6-4-3-5-7-20;/h3-11,22H,12-18H2,1-2H3,(H2,26,27,28);1H. The Labute approximate surface area is 218 Å². The molecule has 0 saturated heterocycles. The zero-order chi connectivity index (χ0) is 22.9. The number of aromatic nitrogens is 3. The smallest absolute Gasteiger partial charge is 0.191 e. The number of aliphatic imine (C=N–C) groups is 1. The molecule has 9 heteroatoms. The molecule has 2 aromatic carbocycles. The molecular formula is C25H33IN6O2. The second-order valence-corrected chi connectivity index (χ2v) is 8.16. The monoisotopic (exact) mass is 576 g/mol. The van der Waals surface area contributed by atoms with Gasteiger partial charge in [-0.2, -0.15) is 5.10 Å². The molecule has 0 spiro atoms. The van der Waals surface area contributed by atoms with Gasteiger partial charge in [-0.15, -0.1) is 24.0 Å². The lowest BCUT2D eigenvalue weighted by Gasteiger charge is -2.25. The van der Waals surface area contributed by atoms with Crippen LogP contribution in [-0.2, 0) is 48.8 Å². The predicted octanol–water partition coefficient (Wildman–Crippen LogP) is 3.44. The molecule has 1 atom stereocenters. The average molecular weight is 576 g/mol. The van der Waals surface area contributed by atoms with Gasteiger partial charge in [-0.3, -0.25) is 4.99 Å². The molecule has 0 bridgehead atoms. The van der Waals surface area contributed by atoms with Crippen molar-refractivity contribution in [3.63, 3.8) is 0 Å². The molecule has 1 aromatic heterocycles. The highest BCUT2D eigenvalue weighted by Crippen LogP contribution is 2.14. The molecular weight excluding hydrogens is 543 g/mol. The summed E-state index contributed by atoms with van der Waals surface area (Å²) < 4.78 is 12.9. The molecule has 3 aromatic rings. The third kappa shape index (κ3) is 7.51. The molecule has 0 saturated carbocycles. The van der Waals surface area contributed by atoms with E-state index in [-0.39, 0.29) is 30.0 Å². The molecule has 182 valence electrons. The van der Waals surface area contributed by atoms with Gasteiger partial charge in [0.25, 0.3) is 0 Å². The van der Waals surface area contributed by atoms with Crippen LogP contribution in [0.3, 0.4) is 0 Å². The molecule has 8 nitrogen and oxygen atoms in total. The van der Waals surface area contributed by atoms with Crippen molar-refractivity contribution in [2.45, 2.75) is 51.8 Å². The lowest BCUT2D eigenvalue weighted by Crippen LogP contribution is -2.46. The number of fused-ring (bicyclic) bond motifs is 1. The van der Waals surface area contributed by atoms with Gasteiger partial charge in [0.05, 0.1) is 19.8 Å². The van der Waals surface area contributed by atoms with Crippen molar-refractivity contribution in [1.29, 1.82) is 0 Å².